The maximum Gasteiger partial charge on any atom is 0.250 e. The summed E-state index contributed by atoms with van der Waals surface area (Å²) in [7, 11) is 3.87. The van der Waals surface area contributed by atoms with E-state index in [4.69, 9.17) is 15.4 Å². The Morgan fingerprint density at radius 2 is 1.77 bits per heavy atom. The molecule has 1 amide bonds. The highest BCUT2D eigenvalue weighted by molar-refractivity contribution is 8.08. The molecule has 0 bridgehead atoms. The molecule has 1 atom stereocenters. The molecule has 2 aromatic carbocycles. The molecule has 0 saturated heterocycles. The lowest BCUT2D eigenvalue weighted by atomic mass is 10.2. The molecule has 7 heteroatoms. The fourth-order valence-electron chi connectivity index (χ4n) is 1.68. The summed E-state index contributed by atoms with van der Waals surface area (Å²) in [5, 5.41) is 2.64. The quantitative estimate of drug-likeness (QED) is 0.821. The van der Waals surface area contributed by atoms with Gasteiger partial charge in [-0.05, 0) is 52.6 Å². The van der Waals surface area contributed by atoms with Crippen molar-refractivity contribution < 1.29 is 18.1 Å². The van der Waals surface area contributed by atoms with Crippen molar-refractivity contribution in [2.45, 2.75) is 11.5 Å². The van der Waals surface area contributed by atoms with Crippen LogP contribution >= 0.6 is 10.7 Å². The van der Waals surface area contributed by atoms with E-state index in [9.17, 15) is 13.4 Å². The smallest absolute Gasteiger partial charge is 0.250 e. The highest BCUT2D eigenvalue weighted by Crippen LogP contribution is 2.14. The van der Waals surface area contributed by atoms with E-state index < -0.39 is 10.0 Å². The SMILES string of the molecule is O=C(COCc1ccc(F)cc1)Nc1ccc(S(=O)Cl)cc1. The Kier molecular flexibility index (Phi) is 6.06. The minimum absolute atomic E-state index is 0.124. The summed E-state index contributed by atoms with van der Waals surface area (Å²) in [4.78, 5) is 12.2. The third-order valence-corrected chi connectivity index (χ3v) is 3.92. The molecular formula is C15H13ClFNO3S. The Bertz CT molecular complexity index is 661. The second kappa shape index (κ2) is 8.03. The van der Waals surface area contributed by atoms with Crippen molar-refractivity contribution in [3.05, 3.63) is 59.9 Å². The molecule has 0 fully saturated rings. The summed E-state index contributed by atoms with van der Waals surface area (Å²) in [5.74, 6) is -0.635. The number of ether oxygens (including phenoxy) is 1. The molecule has 1 N–H and O–H groups in total. The van der Waals surface area contributed by atoms with E-state index in [1.54, 1.807) is 36.4 Å². The summed E-state index contributed by atoms with van der Waals surface area (Å²) in [6.45, 7) is 0.0957. The number of nitrogens with one attached hydrogen (secondary N) is 1. The lowest BCUT2D eigenvalue weighted by Gasteiger charge is -2.07. The van der Waals surface area contributed by atoms with Crippen LogP contribution in [0.4, 0.5) is 10.1 Å². The lowest BCUT2D eigenvalue weighted by Crippen LogP contribution is -2.18. The van der Waals surface area contributed by atoms with Crippen LogP contribution in [-0.2, 0) is 26.2 Å². The van der Waals surface area contributed by atoms with Crippen molar-refractivity contribution in [3.8, 4) is 0 Å². The largest absolute Gasteiger partial charge is 0.367 e. The van der Waals surface area contributed by atoms with Gasteiger partial charge in [-0.2, -0.15) is 0 Å². The average molecular weight is 342 g/mol. The Balaban J connectivity index is 1.77. The van der Waals surface area contributed by atoms with Gasteiger partial charge in [-0.3, -0.25) is 4.79 Å². The molecule has 4 nitrogen and oxygen atoms in total. The Labute approximate surface area is 134 Å². The summed E-state index contributed by atoms with van der Waals surface area (Å²) in [6, 6.07) is 12.2. The zero-order valence-electron chi connectivity index (χ0n) is 11.4. The first-order valence-corrected chi connectivity index (χ1v) is 8.32. The van der Waals surface area contributed by atoms with E-state index in [1.807, 2.05) is 0 Å². The number of halogens is 2. The first kappa shape index (κ1) is 16.6. The molecule has 0 aliphatic rings. The number of rotatable bonds is 6. The van der Waals surface area contributed by atoms with Crippen molar-refractivity contribution in [2.24, 2.45) is 0 Å². The fourth-order valence-corrected chi connectivity index (χ4v) is 2.34. The second-order valence-electron chi connectivity index (χ2n) is 4.42. The van der Waals surface area contributed by atoms with Gasteiger partial charge in [-0.1, -0.05) is 12.1 Å². The third-order valence-electron chi connectivity index (χ3n) is 2.74. The van der Waals surface area contributed by atoms with Crippen LogP contribution in [0.1, 0.15) is 5.56 Å². The van der Waals surface area contributed by atoms with Crippen LogP contribution in [0.5, 0.6) is 0 Å². The highest BCUT2D eigenvalue weighted by atomic mass is 35.7. The molecule has 2 rings (SSSR count). The number of carbonyl (C=O) groups excluding carboxylic acids is 1. The molecule has 0 aliphatic heterocycles. The van der Waals surface area contributed by atoms with E-state index >= 15 is 0 Å². The van der Waals surface area contributed by atoms with Crippen LogP contribution in [0.15, 0.2) is 53.4 Å². The zero-order chi connectivity index (χ0) is 15.9. The second-order valence-corrected chi connectivity index (χ2v) is 6.17. The molecule has 0 heterocycles. The number of carbonyl (C=O) groups is 1. The topological polar surface area (TPSA) is 55.4 Å². The zero-order valence-corrected chi connectivity index (χ0v) is 13.0. The fraction of sp³-hybridized carbons (Fsp3) is 0.133. The summed E-state index contributed by atoms with van der Waals surface area (Å²) in [5.41, 5.74) is 1.34. The number of benzene rings is 2. The number of anilines is 1. The lowest BCUT2D eigenvalue weighted by molar-refractivity contribution is -0.121. The molecule has 0 aromatic heterocycles. The van der Waals surface area contributed by atoms with E-state index in [0.717, 1.165) is 5.56 Å². The van der Waals surface area contributed by atoms with Gasteiger partial charge in [0.1, 0.15) is 22.4 Å². The van der Waals surface area contributed by atoms with Gasteiger partial charge in [-0.25, -0.2) is 8.60 Å². The Morgan fingerprint density at radius 3 is 2.36 bits per heavy atom. The van der Waals surface area contributed by atoms with Crippen molar-refractivity contribution >= 4 is 32.3 Å². The molecule has 0 aliphatic carbocycles. The number of hydrogen-bond acceptors (Lipinski definition) is 3. The highest BCUT2D eigenvalue weighted by Gasteiger charge is 2.04. The van der Waals surface area contributed by atoms with Crippen LogP contribution in [0.3, 0.4) is 0 Å². The Morgan fingerprint density at radius 1 is 1.14 bits per heavy atom. The molecule has 116 valence electrons. The van der Waals surface area contributed by atoms with E-state index in [1.165, 1.54) is 12.1 Å². The molecule has 0 radical (unpaired) electrons. The van der Waals surface area contributed by atoms with Crippen molar-refractivity contribution in [3.63, 3.8) is 0 Å². The van der Waals surface area contributed by atoms with Gasteiger partial charge in [0.2, 0.25) is 5.91 Å². The van der Waals surface area contributed by atoms with Crippen LogP contribution in [0.25, 0.3) is 0 Å². The van der Waals surface area contributed by atoms with E-state index in [0.29, 0.717) is 10.6 Å². The van der Waals surface area contributed by atoms with Gasteiger partial charge in [0.05, 0.1) is 11.5 Å². The van der Waals surface area contributed by atoms with Crippen LogP contribution in [-0.4, -0.2) is 16.7 Å². The van der Waals surface area contributed by atoms with Gasteiger partial charge in [0.15, 0.2) is 0 Å². The standard InChI is InChI=1S/C15H13ClFNO3S/c16-22(20)14-7-5-13(6-8-14)18-15(19)10-21-9-11-1-3-12(17)4-2-11/h1-8H,9-10H2,(H,18,19). The predicted octanol–water partition coefficient (Wildman–Crippen LogP) is 3.24. The van der Waals surface area contributed by atoms with Crippen LogP contribution in [0, 0.1) is 5.82 Å². The van der Waals surface area contributed by atoms with Gasteiger partial charge in [0.25, 0.3) is 0 Å². The molecule has 22 heavy (non-hydrogen) atoms. The summed E-state index contributed by atoms with van der Waals surface area (Å²) < 4.78 is 29.0. The minimum Gasteiger partial charge on any atom is -0.367 e. The summed E-state index contributed by atoms with van der Waals surface area (Å²) >= 11 is 0. The molecule has 2 aromatic rings. The van der Waals surface area contributed by atoms with Crippen LogP contribution < -0.4 is 5.32 Å². The molecule has 0 saturated carbocycles. The molecular weight excluding hydrogens is 329 g/mol. The van der Waals surface area contributed by atoms with Crippen LogP contribution in [0.2, 0.25) is 0 Å². The van der Waals surface area contributed by atoms with Crippen molar-refractivity contribution in [1.29, 1.82) is 0 Å². The first-order chi connectivity index (χ1) is 10.5. The Hall–Kier alpha value is -1.76. The van der Waals surface area contributed by atoms with Gasteiger partial charge >= 0.3 is 0 Å². The molecule has 0 spiro atoms. The monoisotopic (exact) mass is 341 g/mol. The third kappa shape index (κ3) is 5.22. The summed E-state index contributed by atoms with van der Waals surface area (Å²) in [6.07, 6.45) is 0. The average Bonchev–Trinajstić information content (AvgIpc) is 2.50. The maximum atomic E-state index is 12.7. The van der Waals surface area contributed by atoms with E-state index in [-0.39, 0.29) is 24.9 Å². The first-order valence-electron chi connectivity index (χ1n) is 6.35. The molecule has 1 unspecified atom stereocenters. The van der Waals surface area contributed by atoms with Gasteiger partial charge < -0.3 is 10.1 Å². The van der Waals surface area contributed by atoms with Gasteiger partial charge in [0, 0.05) is 5.69 Å². The van der Waals surface area contributed by atoms with Crippen molar-refractivity contribution in [2.75, 3.05) is 11.9 Å². The normalized spacial score (nSPS) is 11.9. The van der Waals surface area contributed by atoms with E-state index in [2.05, 4.69) is 5.32 Å². The maximum absolute atomic E-state index is 12.7. The van der Waals surface area contributed by atoms with Crippen molar-refractivity contribution in [1.82, 2.24) is 0 Å². The number of hydrogen-bond donors (Lipinski definition) is 1. The number of amides is 1. The van der Waals surface area contributed by atoms with Gasteiger partial charge in [-0.15, -0.1) is 0 Å². The predicted molar refractivity (Wildman–Crippen MR) is 83.4 cm³/mol. The minimum atomic E-state index is -1.57.